The molecule has 1 aromatic heterocycles. The number of hydrogen-bond donors (Lipinski definition) is 1. The maximum Gasteiger partial charge on any atom is 0.336 e. The molecular formula is C31H34N2O7S. The Morgan fingerprint density at radius 2 is 1.44 bits per heavy atom. The first-order valence-corrected chi connectivity index (χ1v) is 14.0. The van der Waals surface area contributed by atoms with Crippen molar-refractivity contribution in [1.29, 1.82) is 0 Å². The first-order chi connectivity index (χ1) is 19.8. The van der Waals surface area contributed by atoms with Gasteiger partial charge in [0.1, 0.15) is 5.01 Å². The summed E-state index contributed by atoms with van der Waals surface area (Å²) in [6.07, 6.45) is 0. The zero-order valence-corrected chi connectivity index (χ0v) is 25.1. The molecule has 0 saturated carbocycles. The average molecular weight is 579 g/mol. The lowest BCUT2D eigenvalue weighted by Crippen LogP contribution is -2.32. The Hall–Kier alpha value is -4.31. The third-order valence-corrected chi connectivity index (χ3v) is 7.57. The van der Waals surface area contributed by atoms with Gasteiger partial charge in [-0.1, -0.05) is 18.2 Å². The van der Waals surface area contributed by atoms with E-state index in [4.69, 9.17) is 28.7 Å². The fourth-order valence-corrected chi connectivity index (χ4v) is 5.73. The van der Waals surface area contributed by atoms with Crippen molar-refractivity contribution in [2.24, 2.45) is 0 Å². The molecule has 0 bridgehead atoms. The van der Waals surface area contributed by atoms with Crippen molar-refractivity contribution in [3.05, 3.63) is 69.9 Å². The largest absolute Gasteiger partial charge is 0.493 e. The number of carbonyl (C=O) groups is 2. The fourth-order valence-electron chi connectivity index (χ4n) is 4.91. The lowest BCUT2D eigenvalue weighted by Gasteiger charge is -2.30. The number of allylic oxidation sites excluding steroid dienone is 2. The number of aromatic nitrogens is 1. The molecular weight excluding hydrogens is 544 g/mol. The first kappa shape index (κ1) is 29.7. The quantitative estimate of drug-likeness (QED) is 0.296. The van der Waals surface area contributed by atoms with Gasteiger partial charge in [0.15, 0.2) is 11.5 Å². The molecule has 3 aromatic rings. The van der Waals surface area contributed by atoms with Crippen LogP contribution in [0.5, 0.6) is 17.2 Å². The smallest absolute Gasteiger partial charge is 0.336 e. The molecule has 0 fully saturated rings. The summed E-state index contributed by atoms with van der Waals surface area (Å²) in [7, 11) is 4.70. The standard InChI is InChI=1S/C31H34N2O7S/c1-8-39-30(34)25-17(3)32-18(4)26(31(35)40-9-2)27(25)19-11-10-12-20(13-19)29-33-22(16-41-29)21-14-23(36-5)28(38-7)24(15-21)37-6/h10-16,27,32H,8-9H2,1-7H3. The van der Waals surface area contributed by atoms with E-state index in [9.17, 15) is 9.59 Å². The van der Waals surface area contributed by atoms with Gasteiger partial charge < -0.3 is 29.0 Å². The van der Waals surface area contributed by atoms with Crippen molar-refractivity contribution in [3.8, 4) is 39.1 Å². The van der Waals surface area contributed by atoms with Crippen LogP contribution < -0.4 is 19.5 Å². The van der Waals surface area contributed by atoms with Crippen molar-refractivity contribution in [1.82, 2.24) is 10.3 Å². The molecule has 2 aromatic carbocycles. The molecule has 0 amide bonds. The number of nitrogens with zero attached hydrogens (tertiary/aromatic N) is 1. The Morgan fingerprint density at radius 1 is 0.854 bits per heavy atom. The SMILES string of the molecule is CCOC(=O)C1=C(C)NC(C)=C(C(=O)OCC)C1c1cccc(-c2nc(-c3cc(OC)c(OC)c(OC)c3)cs2)c1. The normalized spacial score (nSPS) is 13.5. The van der Waals surface area contributed by atoms with Gasteiger partial charge in [0.05, 0.1) is 57.3 Å². The number of methoxy groups -OCH3 is 3. The molecule has 41 heavy (non-hydrogen) atoms. The molecule has 1 N–H and O–H groups in total. The molecule has 1 aliphatic rings. The Balaban J connectivity index is 1.79. The summed E-state index contributed by atoms with van der Waals surface area (Å²) in [6.45, 7) is 7.53. The van der Waals surface area contributed by atoms with Crippen molar-refractivity contribution < 1.29 is 33.3 Å². The Kier molecular flexibility index (Phi) is 9.34. The summed E-state index contributed by atoms with van der Waals surface area (Å²) in [5.41, 5.74) is 5.13. The maximum absolute atomic E-state index is 13.2. The zero-order valence-electron chi connectivity index (χ0n) is 24.2. The minimum Gasteiger partial charge on any atom is -0.493 e. The topological polar surface area (TPSA) is 105 Å². The summed E-state index contributed by atoms with van der Waals surface area (Å²) in [6, 6.07) is 11.4. The lowest BCUT2D eigenvalue weighted by molar-refractivity contribution is -0.139. The Morgan fingerprint density at radius 3 is 1.95 bits per heavy atom. The van der Waals surface area contributed by atoms with Crippen LogP contribution in [0.3, 0.4) is 0 Å². The molecule has 0 atom stereocenters. The van der Waals surface area contributed by atoms with Crippen LogP contribution in [0.4, 0.5) is 0 Å². The summed E-state index contributed by atoms with van der Waals surface area (Å²) < 4.78 is 27.3. The second kappa shape index (κ2) is 12.9. The number of rotatable bonds is 10. The summed E-state index contributed by atoms with van der Waals surface area (Å²) in [5.74, 6) is -0.0743. The Bertz CT molecular complexity index is 1460. The second-order valence-electron chi connectivity index (χ2n) is 9.15. The molecule has 0 saturated heterocycles. The molecule has 10 heteroatoms. The average Bonchev–Trinajstić information content (AvgIpc) is 3.46. The minimum absolute atomic E-state index is 0.211. The highest BCUT2D eigenvalue weighted by Crippen LogP contribution is 2.43. The molecule has 0 aliphatic carbocycles. The number of benzene rings is 2. The predicted octanol–water partition coefficient (Wildman–Crippen LogP) is 5.86. The molecule has 1 aliphatic heterocycles. The van der Waals surface area contributed by atoms with E-state index in [1.165, 1.54) is 11.3 Å². The number of carbonyl (C=O) groups excluding carboxylic acids is 2. The highest BCUT2D eigenvalue weighted by molar-refractivity contribution is 7.13. The van der Waals surface area contributed by atoms with Gasteiger partial charge in [0.2, 0.25) is 5.75 Å². The highest BCUT2D eigenvalue weighted by atomic mass is 32.1. The van der Waals surface area contributed by atoms with E-state index in [1.807, 2.05) is 41.8 Å². The maximum atomic E-state index is 13.2. The number of thiazole rings is 1. The number of nitrogens with one attached hydrogen (secondary N) is 1. The van der Waals surface area contributed by atoms with Crippen molar-refractivity contribution in [2.45, 2.75) is 33.6 Å². The summed E-state index contributed by atoms with van der Waals surface area (Å²) >= 11 is 1.48. The van der Waals surface area contributed by atoms with Crippen molar-refractivity contribution >= 4 is 23.3 Å². The van der Waals surface area contributed by atoms with E-state index in [0.717, 1.165) is 27.4 Å². The van der Waals surface area contributed by atoms with E-state index < -0.39 is 17.9 Å². The number of ether oxygens (including phenoxy) is 5. The second-order valence-corrected chi connectivity index (χ2v) is 10.0. The van der Waals surface area contributed by atoms with Gasteiger partial charge in [-0.15, -0.1) is 11.3 Å². The van der Waals surface area contributed by atoms with Gasteiger partial charge in [-0.05, 0) is 51.5 Å². The first-order valence-electron chi connectivity index (χ1n) is 13.2. The van der Waals surface area contributed by atoms with Crippen LogP contribution in [0.2, 0.25) is 0 Å². The highest BCUT2D eigenvalue weighted by Gasteiger charge is 2.38. The third kappa shape index (κ3) is 5.92. The van der Waals surface area contributed by atoms with E-state index in [2.05, 4.69) is 5.32 Å². The van der Waals surface area contributed by atoms with Crippen LogP contribution in [-0.2, 0) is 19.1 Å². The lowest BCUT2D eigenvalue weighted by atomic mass is 9.80. The van der Waals surface area contributed by atoms with Crippen molar-refractivity contribution in [3.63, 3.8) is 0 Å². The zero-order chi connectivity index (χ0) is 29.7. The fraction of sp³-hybridized carbons (Fsp3) is 0.323. The van der Waals surface area contributed by atoms with E-state index in [0.29, 0.717) is 39.8 Å². The van der Waals surface area contributed by atoms with Crippen molar-refractivity contribution in [2.75, 3.05) is 34.5 Å². The van der Waals surface area contributed by atoms with Gasteiger partial charge in [-0.25, -0.2) is 14.6 Å². The van der Waals surface area contributed by atoms with Crippen LogP contribution in [0, 0.1) is 0 Å². The molecule has 216 valence electrons. The van der Waals surface area contributed by atoms with E-state index in [-0.39, 0.29) is 13.2 Å². The Labute approximate surface area is 243 Å². The number of hydrogen-bond acceptors (Lipinski definition) is 10. The van der Waals surface area contributed by atoms with E-state index in [1.54, 1.807) is 49.0 Å². The van der Waals surface area contributed by atoms with Gasteiger partial charge in [0, 0.05) is 27.9 Å². The molecule has 9 nitrogen and oxygen atoms in total. The van der Waals surface area contributed by atoms with Gasteiger partial charge in [-0.3, -0.25) is 0 Å². The molecule has 4 rings (SSSR count). The van der Waals surface area contributed by atoms with Crippen LogP contribution in [-0.4, -0.2) is 51.5 Å². The third-order valence-electron chi connectivity index (χ3n) is 6.68. The van der Waals surface area contributed by atoms with Gasteiger partial charge in [0.25, 0.3) is 0 Å². The molecule has 0 radical (unpaired) electrons. The molecule has 2 heterocycles. The van der Waals surface area contributed by atoms with Crippen LogP contribution in [0.15, 0.2) is 64.3 Å². The van der Waals surface area contributed by atoms with Gasteiger partial charge in [-0.2, -0.15) is 0 Å². The number of esters is 2. The van der Waals surface area contributed by atoms with Gasteiger partial charge >= 0.3 is 11.9 Å². The monoisotopic (exact) mass is 578 g/mol. The minimum atomic E-state index is -0.677. The predicted molar refractivity (Wildman–Crippen MR) is 157 cm³/mol. The van der Waals surface area contributed by atoms with Crippen LogP contribution >= 0.6 is 11.3 Å². The summed E-state index contributed by atoms with van der Waals surface area (Å²) in [4.78, 5) is 31.2. The number of dihydropyridines is 1. The summed E-state index contributed by atoms with van der Waals surface area (Å²) in [5, 5.41) is 5.89. The molecule has 0 unspecified atom stereocenters. The molecule has 0 spiro atoms. The van der Waals surface area contributed by atoms with E-state index >= 15 is 0 Å². The van der Waals surface area contributed by atoms with Crippen LogP contribution in [0.25, 0.3) is 21.8 Å². The van der Waals surface area contributed by atoms with Crippen LogP contribution in [0.1, 0.15) is 39.2 Å².